The molecule has 116 valence electrons. The lowest BCUT2D eigenvalue weighted by Gasteiger charge is -2.48. The monoisotopic (exact) mass is 310 g/mol. The highest BCUT2D eigenvalue weighted by atomic mass is 35.5. The number of benzene rings is 1. The van der Waals surface area contributed by atoms with E-state index in [1.54, 1.807) is 12.1 Å². The third-order valence-corrected chi connectivity index (χ3v) is 5.62. The Kier molecular flexibility index (Phi) is 4.53. The van der Waals surface area contributed by atoms with Crippen molar-refractivity contribution in [2.75, 3.05) is 13.1 Å². The van der Waals surface area contributed by atoms with Gasteiger partial charge in [0.25, 0.3) is 0 Å². The number of halogens is 2. The largest absolute Gasteiger partial charge is 0.311 e. The fourth-order valence-corrected chi connectivity index (χ4v) is 4.10. The standard InChI is InChI=1S/C17H24ClFN2/c1-2-13-10-21(17(12-20-13)8-3-4-9-17)11-14-15(18)6-5-7-16(14)19/h5-7,13,20H,2-4,8-12H2,1H3. The second-order valence-corrected chi connectivity index (χ2v) is 6.91. The molecule has 1 spiro atoms. The fourth-order valence-electron chi connectivity index (χ4n) is 3.88. The zero-order valence-corrected chi connectivity index (χ0v) is 13.4. The van der Waals surface area contributed by atoms with Crippen LogP contribution >= 0.6 is 11.6 Å². The van der Waals surface area contributed by atoms with Crippen LogP contribution in [0.3, 0.4) is 0 Å². The van der Waals surface area contributed by atoms with Crippen LogP contribution in [0, 0.1) is 5.82 Å². The number of hydrogen-bond acceptors (Lipinski definition) is 2. The number of rotatable bonds is 3. The van der Waals surface area contributed by atoms with Gasteiger partial charge >= 0.3 is 0 Å². The summed E-state index contributed by atoms with van der Waals surface area (Å²) in [6, 6.07) is 5.49. The Bertz CT molecular complexity index is 479. The normalized spacial score (nSPS) is 25.6. The van der Waals surface area contributed by atoms with Crippen LogP contribution in [-0.2, 0) is 6.54 Å². The SMILES string of the molecule is CCC1CN(Cc2c(F)cccc2Cl)C2(CCCC2)CN1. The van der Waals surface area contributed by atoms with Gasteiger partial charge in [0.2, 0.25) is 0 Å². The predicted molar refractivity (Wildman–Crippen MR) is 85.1 cm³/mol. The molecular weight excluding hydrogens is 287 g/mol. The molecule has 0 bridgehead atoms. The molecule has 2 nitrogen and oxygen atoms in total. The van der Waals surface area contributed by atoms with Crippen molar-refractivity contribution in [2.24, 2.45) is 0 Å². The van der Waals surface area contributed by atoms with Crippen molar-refractivity contribution in [3.63, 3.8) is 0 Å². The molecule has 1 aromatic rings. The van der Waals surface area contributed by atoms with E-state index in [1.807, 2.05) is 0 Å². The van der Waals surface area contributed by atoms with Crippen molar-refractivity contribution in [1.82, 2.24) is 10.2 Å². The van der Waals surface area contributed by atoms with Crippen LogP contribution in [0.2, 0.25) is 5.02 Å². The number of nitrogens with one attached hydrogen (secondary N) is 1. The molecule has 1 N–H and O–H groups in total. The topological polar surface area (TPSA) is 15.3 Å². The minimum Gasteiger partial charge on any atom is -0.311 e. The molecule has 1 aliphatic carbocycles. The molecule has 2 aliphatic rings. The second kappa shape index (κ2) is 6.23. The molecule has 21 heavy (non-hydrogen) atoms. The van der Waals surface area contributed by atoms with E-state index >= 15 is 0 Å². The van der Waals surface area contributed by atoms with Crippen LogP contribution in [0.15, 0.2) is 18.2 Å². The first kappa shape index (κ1) is 15.3. The summed E-state index contributed by atoms with van der Waals surface area (Å²) >= 11 is 6.23. The molecule has 1 unspecified atom stereocenters. The van der Waals surface area contributed by atoms with Crippen molar-refractivity contribution in [2.45, 2.75) is 57.2 Å². The first-order valence-electron chi connectivity index (χ1n) is 8.06. The van der Waals surface area contributed by atoms with E-state index in [0.29, 0.717) is 23.2 Å². The molecule has 4 heteroatoms. The van der Waals surface area contributed by atoms with Gasteiger partial charge in [0.15, 0.2) is 0 Å². The quantitative estimate of drug-likeness (QED) is 0.908. The van der Waals surface area contributed by atoms with Gasteiger partial charge in [0, 0.05) is 41.8 Å². The van der Waals surface area contributed by atoms with Gasteiger partial charge in [-0.15, -0.1) is 0 Å². The summed E-state index contributed by atoms with van der Waals surface area (Å²) in [5.74, 6) is -0.178. The van der Waals surface area contributed by atoms with Gasteiger partial charge in [0.1, 0.15) is 5.82 Å². The van der Waals surface area contributed by atoms with E-state index in [2.05, 4.69) is 17.1 Å². The van der Waals surface area contributed by atoms with Gasteiger partial charge in [-0.25, -0.2) is 4.39 Å². The van der Waals surface area contributed by atoms with Crippen molar-refractivity contribution in [1.29, 1.82) is 0 Å². The van der Waals surface area contributed by atoms with Gasteiger partial charge in [-0.2, -0.15) is 0 Å². The highest BCUT2D eigenvalue weighted by molar-refractivity contribution is 6.31. The van der Waals surface area contributed by atoms with Gasteiger partial charge < -0.3 is 5.32 Å². The zero-order valence-electron chi connectivity index (χ0n) is 12.7. The molecule has 3 rings (SSSR count). The predicted octanol–water partition coefficient (Wildman–Crippen LogP) is 3.98. The lowest BCUT2D eigenvalue weighted by molar-refractivity contribution is 0.0341. The molecule has 0 radical (unpaired) electrons. The summed E-state index contributed by atoms with van der Waals surface area (Å²) in [6.07, 6.45) is 6.09. The summed E-state index contributed by atoms with van der Waals surface area (Å²) in [5, 5.41) is 4.23. The lowest BCUT2D eigenvalue weighted by Crippen LogP contribution is -2.63. The maximum absolute atomic E-state index is 14.1. The first-order valence-corrected chi connectivity index (χ1v) is 8.44. The highest BCUT2D eigenvalue weighted by Crippen LogP contribution is 2.38. The third-order valence-electron chi connectivity index (χ3n) is 5.27. The van der Waals surface area contributed by atoms with E-state index in [4.69, 9.17) is 11.6 Å². The van der Waals surface area contributed by atoms with Crippen LogP contribution in [0.4, 0.5) is 4.39 Å². The molecule has 1 aromatic carbocycles. The highest BCUT2D eigenvalue weighted by Gasteiger charge is 2.43. The van der Waals surface area contributed by atoms with Crippen molar-refractivity contribution >= 4 is 11.6 Å². The maximum atomic E-state index is 14.1. The van der Waals surface area contributed by atoms with E-state index < -0.39 is 0 Å². The minimum absolute atomic E-state index is 0.178. The van der Waals surface area contributed by atoms with E-state index in [-0.39, 0.29) is 11.4 Å². The summed E-state index contributed by atoms with van der Waals surface area (Å²) < 4.78 is 14.1. The Balaban J connectivity index is 1.85. The van der Waals surface area contributed by atoms with Crippen LogP contribution in [-0.4, -0.2) is 29.6 Å². The van der Waals surface area contributed by atoms with E-state index in [0.717, 1.165) is 19.5 Å². The average Bonchev–Trinajstić information content (AvgIpc) is 2.94. The second-order valence-electron chi connectivity index (χ2n) is 6.50. The third kappa shape index (κ3) is 2.96. The zero-order chi connectivity index (χ0) is 14.9. The van der Waals surface area contributed by atoms with Crippen molar-refractivity contribution in [3.05, 3.63) is 34.6 Å². The summed E-state index contributed by atoms with van der Waals surface area (Å²) in [5.41, 5.74) is 0.860. The van der Waals surface area contributed by atoms with E-state index in [9.17, 15) is 4.39 Å². The molecule has 1 aliphatic heterocycles. The number of nitrogens with zero attached hydrogens (tertiary/aromatic N) is 1. The van der Waals surface area contributed by atoms with Crippen molar-refractivity contribution in [3.8, 4) is 0 Å². The Labute approximate surface area is 131 Å². The Morgan fingerprint density at radius 3 is 2.81 bits per heavy atom. The Hall–Kier alpha value is -0.640. The molecule has 1 heterocycles. The minimum atomic E-state index is -0.178. The van der Waals surface area contributed by atoms with Crippen LogP contribution < -0.4 is 5.32 Å². The summed E-state index contributed by atoms with van der Waals surface area (Å²) in [6.45, 7) is 4.85. The molecule has 1 saturated carbocycles. The van der Waals surface area contributed by atoms with Gasteiger partial charge in [0.05, 0.1) is 0 Å². The molecule has 2 fully saturated rings. The molecule has 0 aromatic heterocycles. The number of piperazine rings is 1. The van der Waals surface area contributed by atoms with Gasteiger partial charge in [-0.1, -0.05) is 37.4 Å². The van der Waals surface area contributed by atoms with Gasteiger partial charge in [-0.3, -0.25) is 4.90 Å². The van der Waals surface area contributed by atoms with Gasteiger partial charge in [-0.05, 0) is 31.4 Å². The first-order chi connectivity index (χ1) is 10.1. The van der Waals surface area contributed by atoms with Crippen LogP contribution in [0.1, 0.15) is 44.6 Å². The maximum Gasteiger partial charge on any atom is 0.129 e. The Morgan fingerprint density at radius 1 is 1.38 bits per heavy atom. The average molecular weight is 311 g/mol. The number of hydrogen-bond donors (Lipinski definition) is 1. The molecular formula is C17H24ClFN2. The van der Waals surface area contributed by atoms with Crippen LogP contribution in [0.5, 0.6) is 0 Å². The molecule has 0 amide bonds. The molecule has 1 atom stereocenters. The van der Waals surface area contributed by atoms with E-state index in [1.165, 1.54) is 31.7 Å². The molecule has 1 saturated heterocycles. The summed E-state index contributed by atoms with van der Waals surface area (Å²) in [7, 11) is 0. The van der Waals surface area contributed by atoms with Crippen molar-refractivity contribution < 1.29 is 4.39 Å². The smallest absolute Gasteiger partial charge is 0.129 e. The summed E-state index contributed by atoms with van der Waals surface area (Å²) in [4.78, 5) is 2.50. The van der Waals surface area contributed by atoms with Crippen LogP contribution in [0.25, 0.3) is 0 Å². The Morgan fingerprint density at radius 2 is 2.14 bits per heavy atom. The lowest BCUT2D eigenvalue weighted by atomic mass is 9.89. The fraction of sp³-hybridized carbons (Fsp3) is 0.647.